The van der Waals surface area contributed by atoms with Crippen LogP contribution in [0.4, 0.5) is 0 Å². The lowest BCUT2D eigenvalue weighted by Gasteiger charge is -2.42. The molecular weight excluding hydrogens is 299 g/mol. The lowest BCUT2D eigenvalue weighted by molar-refractivity contribution is -0.307. The number of methoxy groups -OCH3 is 2. The summed E-state index contributed by atoms with van der Waals surface area (Å²) in [5.74, 6) is -2.93. The molecule has 1 fully saturated rings. The van der Waals surface area contributed by atoms with Gasteiger partial charge in [-0.25, -0.2) is 9.36 Å². The average molecular weight is 316 g/mol. The molecule has 118 valence electrons. The number of phosphoric acid groups is 1. The Kier molecular flexibility index (Phi) is 5.64. The van der Waals surface area contributed by atoms with Gasteiger partial charge < -0.3 is 34.2 Å². The minimum atomic E-state index is -4.79. The second-order valence-electron chi connectivity index (χ2n) is 4.15. The molecule has 20 heavy (non-hydrogen) atoms. The monoisotopic (exact) mass is 316 g/mol. The Morgan fingerprint density at radius 3 is 2.45 bits per heavy atom. The predicted molar refractivity (Wildman–Crippen MR) is 61.3 cm³/mol. The largest absolute Gasteiger partial charge is 0.469 e. The van der Waals surface area contributed by atoms with Crippen molar-refractivity contribution in [3.05, 3.63) is 0 Å². The predicted octanol–water partition coefficient (Wildman–Crippen LogP) is -1.88. The van der Waals surface area contributed by atoms with Crippen molar-refractivity contribution in [1.82, 2.24) is 0 Å². The van der Waals surface area contributed by atoms with Crippen molar-refractivity contribution in [2.75, 3.05) is 20.8 Å². The Morgan fingerprint density at radius 1 is 1.40 bits per heavy atom. The number of esters is 1. The van der Waals surface area contributed by atoms with Gasteiger partial charge in [0.2, 0.25) is 0 Å². The van der Waals surface area contributed by atoms with Crippen LogP contribution in [0.5, 0.6) is 0 Å². The van der Waals surface area contributed by atoms with Crippen LogP contribution in [0.3, 0.4) is 0 Å². The Bertz CT molecular complexity index is 394. The Morgan fingerprint density at radius 2 is 2.00 bits per heavy atom. The highest BCUT2D eigenvalue weighted by Gasteiger charge is 2.53. The summed E-state index contributed by atoms with van der Waals surface area (Å²) in [5, 5.41) is 19.4. The Hall–Kier alpha value is -0.580. The molecule has 1 saturated heterocycles. The smallest absolute Gasteiger partial charge is 0.465 e. The van der Waals surface area contributed by atoms with Crippen molar-refractivity contribution < 1.29 is 48.1 Å². The summed E-state index contributed by atoms with van der Waals surface area (Å²) in [7, 11) is -2.59. The molecule has 1 aliphatic rings. The number of aliphatic hydroxyl groups is 2. The van der Waals surface area contributed by atoms with Crippen molar-refractivity contribution in [2.45, 2.75) is 30.5 Å². The first-order valence-corrected chi connectivity index (χ1v) is 7.06. The van der Waals surface area contributed by atoms with Crippen molar-refractivity contribution in [1.29, 1.82) is 0 Å². The van der Waals surface area contributed by atoms with Gasteiger partial charge in [0.15, 0.2) is 0 Å². The van der Waals surface area contributed by atoms with Crippen LogP contribution in [0, 0.1) is 0 Å². The van der Waals surface area contributed by atoms with Crippen LogP contribution in [-0.2, 0) is 28.1 Å². The summed E-state index contributed by atoms with van der Waals surface area (Å²) in [4.78, 5) is 28.9. The number of hydrogen-bond acceptors (Lipinski definition) is 8. The molecule has 0 aromatic rings. The van der Waals surface area contributed by atoms with E-state index in [-0.39, 0.29) is 0 Å². The van der Waals surface area contributed by atoms with E-state index >= 15 is 0 Å². The number of ether oxygens (including phenoxy) is 3. The fraction of sp³-hybridized carbons (Fsp3) is 0.889. The first kappa shape index (κ1) is 17.5. The maximum absolute atomic E-state index is 11.7. The average Bonchev–Trinajstić information content (AvgIpc) is 2.38. The number of carbonyl (C=O) groups is 1. The normalized spacial score (nSPS) is 34.8. The molecule has 0 radical (unpaired) electrons. The molecule has 0 spiro atoms. The molecule has 0 aromatic carbocycles. The molecule has 0 saturated carbocycles. The van der Waals surface area contributed by atoms with E-state index in [1.54, 1.807) is 0 Å². The van der Waals surface area contributed by atoms with Gasteiger partial charge in [-0.1, -0.05) is 0 Å². The second kappa shape index (κ2) is 6.46. The topological polar surface area (TPSA) is 152 Å². The van der Waals surface area contributed by atoms with Crippen LogP contribution < -0.4 is 0 Å². The third-order valence-corrected chi connectivity index (χ3v) is 3.31. The quantitative estimate of drug-likeness (QED) is 0.335. The van der Waals surface area contributed by atoms with Crippen LogP contribution in [0.25, 0.3) is 0 Å². The van der Waals surface area contributed by atoms with Gasteiger partial charge in [-0.15, -0.1) is 0 Å². The summed E-state index contributed by atoms with van der Waals surface area (Å²) in [6, 6.07) is 0. The molecule has 1 rings (SSSR count). The van der Waals surface area contributed by atoms with E-state index in [0.717, 1.165) is 14.2 Å². The standard InChI is InChI=1S/C9H17O10P/c1-16-8(12)9(17-2)3-5(10)7(11)6(19-9)4-18-20(13,14)15/h5-7,10-11H,3-4H2,1-2H3,(H2,13,14,15)/t5-,6-,7+,9?/m1/s1. The number of carbonyl (C=O) groups excluding carboxylic acids is 1. The first-order valence-electron chi connectivity index (χ1n) is 5.53. The van der Waals surface area contributed by atoms with Gasteiger partial charge in [0.05, 0.1) is 19.8 Å². The SMILES string of the molecule is COC(=O)C1(OC)C[C@@H](O)[C@H](O)[C@@H](COP(=O)(O)O)O1. The molecule has 4 atom stereocenters. The van der Waals surface area contributed by atoms with Crippen LogP contribution in [-0.4, -0.2) is 70.9 Å². The first-order chi connectivity index (χ1) is 9.15. The van der Waals surface area contributed by atoms with Crippen molar-refractivity contribution in [3.63, 3.8) is 0 Å². The third-order valence-electron chi connectivity index (χ3n) is 2.83. The van der Waals surface area contributed by atoms with E-state index in [9.17, 15) is 19.6 Å². The molecule has 11 heteroatoms. The molecule has 0 bridgehead atoms. The molecular formula is C9H17O10P. The van der Waals surface area contributed by atoms with Crippen LogP contribution in [0.2, 0.25) is 0 Å². The molecule has 1 aliphatic heterocycles. The minimum absolute atomic E-state index is 0.399. The van der Waals surface area contributed by atoms with E-state index in [4.69, 9.17) is 19.3 Å². The number of aliphatic hydroxyl groups excluding tert-OH is 2. The summed E-state index contributed by atoms with van der Waals surface area (Å²) in [6.07, 6.45) is -4.71. The van der Waals surface area contributed by atoms with E-state index in [0.29, 0.717) is 0 Å². The lowest BCUT2D eigenvalue weighted by atomic mass is 9.95. The fourth-order valence-corrected chi connectivity index (χ4v) is 2.15. The highest BCUT2D eigenvalue weighted by Crippen LogP contribution is 2.38. The molecule has 0 amide bonds. The van der Waals surface area contributed by atoms with E-state index < -0.39 is 50.9 Å². The Labute approximate surface area is 114 Å². The van der Waals surface area contributed by atoms with Crippen LogP contribution in [0.1, 0.15) is 6.42 Å². The van der Waals surface area contributed by atoms with Gasteiger partial charge >= 0.3 is 13.8 Å². The summed E-state index contributed by atoms with van der Waals surface area (Å²) in [5.41, 5.74) is 0. The van der Waals surface area contributed by atoms with Crippen LogP contribution in [0.15, 0.2) is 0 Å². The molecule has 1 unspecified atom stereocenters. The van der Waals surface area contributed by atoms with Crippen molar-refractivity contribution >= 4 is 13.8 Å². The van der Waals surface area contributed by atoms with E-state index in [1.165, 1.54) is 0 Å². The van der Waals surface area contributed by atoms with Gasteiger partial charge in [-0.2, -0.15) is 0 Å². The second-order valence-corrected chi connectivity index (χ2v) is 5.39. The highest BCUT2D eigenvalue weighted by molar-refractivity contribution is 7.46. The molecule has 10 nitrogen and oxygen atoms in total. The molecule has 0 aromatic heterocycles. The fourth-order valence-electron chi connectivity index (χ4n) is 1.81. The maximum atomic E-state index is 11.7. The van der Waals surface area contributed by atoms with Crippen molar-refractivity contribution in [3.8, 4) is 0 Å². The number of hydrogen-bond donors (Lipinski definition) is 4. The molecule has 4 N–H and O–H groups in total. The third kappa shape index (κ3) is 3.96. The van der Waals surface area contributed by atoms with Gasteiger partial charge in [-0.05, 0) is 0 Å². The van der Waals surface area contributed by atoms with Crippen molar-refractivity contribution in [2.24, 2.45) is 0 Å². The van der Waals surface area contributed by atoms with Gasteiger partial charge in [0.1, 0.15) is 12.2 Å². The zero-order valence-corrected chi connectivity index (χ0v) is 11.7. The lowest BCUT2D eigenvalue weighted by Crippen LogP contribution is -2.60. The minimum Gasteiger partial charge on any atom is -0.465 e. The summed E-state index contributed by atoms with van der Waals surface area (Å²) in [6.45, 7) is -0.745. The molecule has 0 aliphatic carbocycles. The number of phosphoric ester groups is 1. The number of rotatable bonds is 5. The Balaban J connectivity index is 2.88. The van der Waals surface area contributed by atoms with Gasteiger partial charge in [0.25, 0.3) is 5.79 Å². The highest BCUT2D eigenvalue weighted by atomic mass is 31.2. The van der Waals surface area contributed by atoms with Gasteiger partial charge in [-0.3, -0.25) is 4.52 Å². The zero-order valence-electron chi connectivity index (χ0n) is 10.8. The maximum Gasteiger partial charge on any atom is 0.469 e. The summed E-state index contributed by atoms with van der Waals surface area (Å²) < 4.78 is 29.4. The van der Waals surface area contributed by atoms with E-state index in [1.807, 2.05) is 0 Å². The van der Waals surface area contributed by atoms with Crippen LogP contribution >= 0.6 is 7.82 Å². The van der Waals surface area contributed by atoms with E-state index in [2.05, 4.69) is 9.26 Å². The zero-order chi connectivity index (χ0) is 15.6. The van der Waals surface area contributed by atoms with Gasteiger partial charge in [0, 0.05) is 13.5 Å². The summed E-state index contributed by atoms with van der Waals surface area (Å²) >= 11 is 0. The molecule has 1 heterocycles.